The molecule has 0 amide bonds. The van der Waals surface area contributed by atoms with Crippen LogP contribution in [0.1, 0.15) is 11.9 Å². The molecule has 162 valence electrons. The fraction of sp³-hybridized carbons (Fsp3) is 0.167. The van der Waals surface area contributed by atoms with Gasteiger partial charge in [0.05, 0.1) is 21.3 Å². The smallest absolute Gasteiger partial charge is 0.269 e. The number of aromatic nitrogens is 2. The predicted octanol–water partition coefficient (Wildman–Crippen LogP) is 3.80. The maximum atomic E-state index is 13.7. The fourth-order valence-corrected chi connectivity index (χ4v) is 6.99. The number of hydrogen-bond donors (Lipinski definition) is 0. The average molecular weight is 483 g/mol. The second-order valence-electron chi connectivity index (χ2n) is 7.41. The minimum absolute atomic E-state index is 0.0126. The normalized spacial score (nSPS) is 16.0. The van der Waals surface area contributed by atoms with E-state index in [0.29, 0.717) is 11.1 Å². The number of rotatable bonds is 3. The van der Waals surface area contributed by atoms with Crippen LogP contribution in [0.4, 0.5) is 10.1 Å². The molecule has 32 heavy (non-hydrogen) atoms. The van der Waals surface area contributed by atoms with E-state index in [4.69, 9.17) is 0 Å². The predicted molar refractivity (Wildman–Crippen MR) is 133 cm³/mol. The Kier molecular flexibility index (Phi) is 5.53. The molecule has 0 atom stereocenters. The summed E-state index contributed by atoms with van der Waals surface area (Å²) < 4.78 is 20.0. The van der Waals surface area contributed by atoms with Crippen LogP contribution >= 0.6 is 34.4 Å². The molecule has 4 nitrogen and oxygen atoms in total. The lowest BCUT2D eigenvalue weighted by Crippen LogP contribution is -2.32. The van der Waals surface area contributed by atoms with E-state index in [0.717, 1.165) is 24.9 Å². The Morgan fingerprint density at radius 2 is 1.94 bits per heavy atom. The van der Waals surface area contributed by atoms with Crippen molar-refractivity contribution >= 4 is 62.5 Å². The van der Waals surface area contributed by atoms with Gasteiger partial charge in [-0.25, -0.2) is 4.39 Å². The minimum Gasteiger partial charge on any atom is -0.338 e. The number of aryl methyl sites for hydroxylation is 1. The number of thiazole rings is 2. The van der Waals surface area contributed by atoms with Crippen LogP contribution in [-0.4, -0.2) is 11.6 Å². The zero-order valence-electron chi connectivity index (χ0n) is 17.8. The van der Waals surface area contributed by atoms with Crippen molar-refractivity contribution < 1.29 is 8.96 Å². The molecule has 2 aromatic heterocycles. The molecular weight excluding hydrogens is 461 g/mol. The number of hydrogen-bond acceptors (Lipinski definition) is 5. The molecule has 0 N–H and O–H groups in total. The molecule has 0 radical (unpaired) electrons. The molecule has 3 heterocycles. The van der Waals surface area contributed by atoms with Gasteiger partial charge in [0.25, 0.3) is 10.6 Å². The summed E-state index contributed by atoms with van der Waals surface area (Å²) in [7, 11) is 3.97. The summed E-state index contributed by atoms with van der Waals surface area (Å²) in [5.41, 5.74) is 2.04. The van der Waals surface area contributed by atoms with Gasteiger partial charge in [-0.2, -0.15) is 4.57 Å². The summed E-state index contributed by atoms with van der Waals surface area (Å²) in [6.45, 7) is 2.57. The Morgan fingerprint density at radius 1 is 1.12 bits per heavy atom. The van der Waals surface area contributed by atoms with Gasteiger partial charge in [-0.1, -0.05) is 35.2 Å². The number of halogens is 1. The number of para-hydroxylation sites is 1. The second kappa shape index (κ2) is 8.35. The maximum Gasteiger partial charge on any atom is 0.269 e. The Labute approximate surface area is 196 Å². The van der Waals surface area contributed by atoms with Gasteiger partial charge < -0.3 is 4.90 Å². The topological polar surface area (TPSA) is 29.1 Å². The van der Waals surface area contributed by atoms with Crippen molar-refractivity contribution in [2.24, 2.45) is 7.05 Å². The van der Waals surface area contributed by atoms with Gasteiger partial charge in [-0.3, -0.25) is 9.36 Å². The number of nitrogens with zero attached hydrogens (tertiary/aromatic N) is 3. The molecule has 2 aromatic carbocycles. The van der Waals surface area contributed by atoms with Crippen LogP contribution < -0.4 is 24.2 Å². The lowest BCUT2D eigenvalue weighted by Gasteiger charge is -2.12. The van der Waals surface area contributed by atoms with E-state index >= 15 is 0 Å². The van der Waals surface area contributed by atoms with E-state index in [1.165, 1.54) is 28.0 Å². The van der Waals surface area contributed by atoms with Crippen molar-refractivity contribution in [3.8, 4) is 0 Å². The molecule has 5 rings (SSSR count). The molecule has 4 aromatic rings. The lowest BCUT2D eigenvalue weighted by molar-refractivity contribution is -0.642. The van der Waals surface area contributed by atoms with Crippen LogP contribution in [-0.2, 0) is 13.6 Å². The first-order chi connectivity index (χ1) is 15.5. The van der Waals surface area contributed by atoms with Crippen LogP contribution in [0.25, 0.3) is 22.4 Å². The highest BCUT2D eigenvalue weighted by molar-refractivity contribution is 8.03. The summed E-state index contributed by atoms with van der Waals surface area (Å²) in [5.74, 6) is -0.249. The molecular formula is C24H21FN3OS3+. The number of benzene rings is 2. The van der Waals surface area contributed by atoms with Crippen LogP contribution in [0.2, 0.25) is 0 Å². The highest BCUT2D eigenvalue weighted by atomic mass is 32.2. The summed E-state index contributed by atoms with van der Waals surface area (Å²) >= 11 is 4.78. The first-order valence-corrected chi connectivity index (χ1v) is 12.6. The first kappa shape index (κ1) is 21.2. The number of thioether (sulfide) groups is 1. The van der Waals surface area contributed by atoms with Crippen LogP contribution in [0, 0.1) is 5.82 Å². The molecule has 0 unspecified atom stereocenters. The maximum absolute atomic E-state index is 13.7. The third kappa shape index (κ3) is 3.62. The Morgan fingerprint density at radius 3 is 2.72 bits per heavy atom. The SMILES string of the molecule is CCn1c(=O)/c(=C/C=C2/Sc3ccccc3N2C)s/c1=C/c1sc2ccc(F)cc2[n+]1C. The Hall–Kier alpha value is -2.68. The molecule has 0 saturated heterocycles. The lowest BCUT2D eigenvalue weighted by atomic mass is 10.3. The molecule has 1 aliphatic rings. The highest BCUT2D eigenvalue weighted by Gasteiger charge is 2.20. The number of fused-ring (bicyclic) bond motifs is 2. The number of allylic oxidation sites excluding steroid dienone is 1. The molecule has 0 fully saturated rings. The van der Waals surface area contributed by atoms with Gasteiger partial charge in [0.1, 0.15) is 22.2 Å². The summed E-state index contributed by atoms with van der Waals surface area (Å²) in [4.78, 5) is 16.4. The Bertz CT molecular complexity index is 1560. The zero-order valence-corrected chi connectivity index (χ0v) is 20.3. The highest BCUT2D eigenvalue weighted by Crippen LogP contribution is 2.44. The van der Waals surface area contributed by atoms with Gasteiger partial charge in [0.2, 0.25) is 5.52 Å². The monoisotopic (exact) mass is 482 g/mol. The van der Waals surface area contributed by atoms with E-state index in [-0.39, 0.29) is 11.4 Å². The molecule has 0 bridgehead atoms. The van der Waals surface area contributed by atoms with Crippen molar-refractivity contribution in [1.29, 1.82) is 0 Å². The van der Waals surface area contributed by atoms with Crippen molar-refractivity contribution in [2.45, 2.75) is 18.4 Å². The third-order valence-electron chi connectivity index (χ3n) is 5.48. The number of anilines is 1. The standard InChI is InChI=1S/C24H21FN3OS3/c1-4-28-23(14-22-27(3)17-13-15(25)9-10-19(17)31-22)32-20(24(28)29)11-12-21-26(2)16-7-5-6-8-18(16)30-21/h5-14H,4H2,1-3H3/q+1/b20-11-,21-12+. The summed E-state index contributed by atoms with van der Waals surface area (Å²) in [6, 6.07) is 13.1. The largest absolute Gasteiger partial charge is 0.338 e. The molecule has 0 saturated carbocycles. The van der Waals surface area contributed by atoms with E-state index < -0.39 is 0 Å². The average Bonchev–Trinajstić information content (AvgIpc) is 3.39. The molecule has 0 aliphatic carbocycles. The van der Waals surface area contributed by atoms with Gasteiger partial charge in [0, 0.05) is 24.6 Å². The van der Waals surface area contributed by atoms with Crippen LogP contribution in [0.5, 0.6) is 0 Å². The summed E-state index contributed by atoms with van der Waals surface area (Å²) in [5, 5.41) is 2.06. The molecule has 1 aliphatic heterocycles. The summed E-state index contributed by atoms with van der Waals surface area (Å²) in [6.07, 6.45) is 5.96. The Balaban J connectivity index is 1.59. The second-order valence-corrected chi connectivity index (χ2v) is 10.6. The van der Waals surface area contributed by atoms with E-state index in [9.17, 15) is 9.18 Å². The van der Waals surface area contributed by atoms with Crippen molar-refractivity contribution in [3.63, 3.8) is 0 Å². The molecule has 8 heteroatoms. The zero-order chi connectivity index (χ0) is 22.4. The molecule has 0 spiro atoms. The van der Waals surface area contributed by atoms with Crippen molar-refractivity contribution in [1.82, 2.24) is 4.57 Å². The van der Waals surface area contributed by atoms with E-state index in [1.54, 1.807) is 39.8 Å². The van der Waals surface area contributed by atoms with Gasteiger partial charge >= 0.3 is 0 Å². The van der Waals surface area contributed by atoms with Crippen LogP contribution in [0.15, 0.2) is 63.3 Å². The van der Waals surface area contributed by atoms with E-state index in [2.05, 4.69) is 17.0 Å². The fourth-order valence-electron chi connectivity index (χ4n) is 3.74. The van der Waals surface area contributed by atoms with E-state index in [1.807, 2.05) is 55.9 Å². The van der Waals surface area contributed by atoms with Crippen molar-refractivity contribution in [2.75, 3.05) is 11.9 Å². The minimum atomic E-state index is -0.249. The quantitative estimate of drug-likeness (QED) is 0.416. The van der Waals surface area contributed by atoms with Gasteiger partial charge in [-0.15, -0.1) is 11.3 Å². The van der Waals surface area contributed by atoms with Gasteiger partial charge in [-0.05, 0) is 43.3 Å². The third-order valence-corrected chi connectivity index (χ3v) is 8.90. The van der Waals surface area contributed by atoms with Crippen molar-refractivity contribution in [3.05, 3.63) is 83.9 Å². The van der Waals surface area contributed by atoms with Gasteiger partial charge in [0.15, 0.2) is 0 Å². The van der Waals surface area contributed by atoms with Crippen LogP contribution in [0.3, 0.4) is 0 Å². The first-order valence-electron chi connectivity index (χ1n) is 10.2.